The van der Waals surface area contributed by atoms with E-state index in [1.807, 2.05) is 26.0 Å². The maximum atomic E-state index is 10.9. The number of aliphatic carboxylic acids is 1. The zero-order valence-electron chi connectivity index (χ0n) is 10.6. The molecule has 1 fully saturated rings. The fourth-order valence-corrected chi connectivity index (χ4v) is 2.48. The van der Waals surface area contributed by atoms with Crippen molar-refractivity contribution in [2.24, 2.45) is 0 Å². The molecule has 6 heteroatoms. The molecule has 1 aliphatic heterocycles. The van der Waals surface area contributed by atoms with Gasteiger partial charge in [0.2, 0.25) is 6.23 Å². The van der Waals surface area contributed by atoms with Gasteiger partial charge in [-0.1, -0.05) is 11.2 Å². The summed E-state index contributed by atoms with van der Waals surface area (Å²) in [6, 6.07) is -0.0645. The number of aryl methyl sites for hydroxylation is 2. The summed E-state index contributed by atoms with van der Waals surface area (Å²) in [5, 5.41) is 15.8. The molecule has 0 bridgehead atoms. The molecule has 2 aliphatic rings. The third kappa shape index (κ3) is 1.94. The van der Waals surface area contributed by atoms with Gasteiger partial charge >= 0.3 is 5.97 Å². The van der Waals surface area contributed by atoms with Crippen LogP contribution in [0.5, 0.6) is 0 Å². The molecule has 2 heterocycles. The molecule has 0 saturated carbocycles. The Kier molecular flexibility index (Phi) is 2.67. The number of nitrogens with one attached hydrogen (secondary N) is 1. The highest BCUT2D eigenvalue weighted by Crippen LogP contribution is 2.32. The van der Waals surface area contributed by atoms with E-state index in [2.05, 4.69) is 10.5 Å². The van der Waals surface area contributed by atoms with E-state index >= 15 is 0 Å². The van der Waals surface area contributed by atoms with E-state index in [0.717, 1.165) is 22.6 Å². The zero-order chi connectivity index (χ0) is 13.6. The van der Waals surface area contributed by atoms with Gasteiger partial charge in [0.1, 0.15) is 11.5 Å². The lowest BCUT2D eigenvalue weighted by atomic mass is 9.95. The first-order chi connectivity index (χ1) is 9.06. The highest BCUT2D eigenvalue weighted by Gasteiger charge is 2.36. The number of rotatable bonds is 2. The van der Waals surface area contributed by atoms with Crippen molar-refractivity contribution < 1.29 is 19.2 Å². The van der Waals surface area contributed by atoms with Crippen LogP contribution in [0.25, 0.3) is 5.57 Å². The number of fused-ring (bicyclic) bond motifs is 1. The number of allylic oxidation sites excluding steroid dienone is 2. The van der Waals surface area contributed by atoms with Crippen LogP contribution in [0.1, 0.15) is 23.4 Å². The van der Waals surface area contributed by atoms with Crippen LogP contribution in [0, 0.1) is 13.8 Å². The van der Waals surface area contributed by atoms with Crippen LogP contribution >= 0.6 is 0 Å². The summed E-state index contributed by atoms with van der Waals surface area (Å²) in [5.74, 6) is 0.402. The molecule has 3 rings (SSSR count). The Morgan fingerprint density at radius 1 is 1.53 bits per heavy atom. The largest absolute Gasteiger partial charge is 0.477 e. The van der Waals surface area contributed by atoms with Gasteiger partial charge in [-0.05, 0) is 31.9 Å². The molecule has 0 radical (unpaired) electrons. The number of carbonyl (C=O) groups is 1. The standard InChI is InChI=1S/C13H14N2O4/c1-6-11(7(2)19-15-6)8-3-4-9-10(5-8)18-12(14-9)13(16)17/h3,5,9,12,14H,4H2,1-2H3,(H,16,17). The highest BCUT2D eigenvalue weighted by atomic mass is 16.5. The lowest BCUT2D eigenvalue weighted by Gasteiger charge is -2.14. The molecule has 6 nitrogen and oxygen atoms in total. The van der Waals surface area contributed by atoms with Crippen LogP contribution < -0.4 is 5.32 Å². The molecular formula is C13H14N2O4. The lowest BCUT2D eigenvalue weighted by Crippen LogP contribution is -2.36. The first kappa shape index (κ1) is 12.0. The van der Waals surface area contributed by atoms with Crippen molar-refractivity contribution >= 4 is 11.5 Å². The molecule has 2 N–H and O–H groups in total. The smallest absolute Gasteiger partial charge is 0.360 e. The van der Waals surface area contributed by atoms with Crippen LogP contribution in [-0.2, 0) is 9.53 Å². The third-order valence-electron chi connectivity index (χ3n) is 3.37. The molecule has 100 valence electrons. The predicted octanol–water partition coefficient (Wildman–Crippen LogP) is 1.36. The Morgan fingerprint density at radius 3 is 2.95 bits per heavy atom. The van der Waals surface area contributed by atoms with Crippen molar-refractivity contribution in [3.63, 3.8) is 0 Å². The fourth-order valence-electron chi connectivity index (χ4n) is 2.48. The number of ether oxygens (including phenoxy) is 1. The quantitative estimate of drug-likeness (QED) is 0.837. The highest BCUT2D eigenvalue weighted by molar-refractivity contribution is 5.79. The van der Waals surface area contributed by atoms with E-state index in [-0.39, 0.29) is 6.04 Å². The van der Waals surface area contributed by atoms with Crippen molar-refractivity contribution in [2.45, 2.75) is 32.5 Å². The second-order valence-corrected chi connectivity index (χ2v) is 4.70. The van der Waals surface area contributed by atoms with Gasteiger partial charge in [-0.2, -0.15) is 0 Å². The normalized spacial score (nSPS) is 25.4. The summed E-state index contributed by atoms with van der Waals surface area (Å²) in [4.78, 5) is 10.9. The Balaban J connectivity index is 1.90. The van der Waals surface area contributed by atoms with Crippen molar-refractivity contribution in [3.8, 4) is 0 Å². The second-order valence-electron chi connectivity index (χ2n) is 4.70. The van der Waals surface area contributed by atoms with Crippen LogP contribution in [0.15, 0.2) is 22.4 Å². The number of aromatic nitrogens is 1. The predicted molar refractivity (Wildman–Crippen MR) is 66.1 cm³/mol. The van der Waals surface area contributed by atoms with Crippen LogP contribution in [0.4, 0.5) is 0 Å². The van der Waals surface area contributed by atoms with Gasteiger partial charge in [0.05, 0.1) is 11.7 Å². The van der Waals surface area contributed by atoms with Crippen molar-refractivity contribution in [2.75, 3.05) is 0 Å². The van der Waals surface area contributed by atoms with E-state index in [9.17, 15) is 4.79 Å². The van der Waals surface area contributed by atoms with Crippen LogP contribution in [-0.4, -0.2) is 28.5 Å². The van der Waals surface area contributed by atoms with Gasteiger partial charge in [-0.3, -0.25) is 5.32 Å². The number of hydrogen-bond acceptors (Lipinski definition) is 5. The average Bonchev–Trinajstić information content (AvgIpc) is 2.92. The van der Waals surface area contributed by atoms with E-state index in [1.54, 1.807) is 0 Å². The van der Waals surface area contributed by atoms with Gasteiger partial charge in [-0.25, -0.2) is 4.79 Å². The molecule has 19 heavy (non-hydrogen) atoms. The Hall–Kier alpha value is -2.08. The Morgan fingerprint density at radius 2 is 2.32 bits per heavy atom. The number of nitrogens with zero attached hydrogens (tertiary/aromatic N) is 1. The SMILES string of the molecule is Cc1noc(C)c1C1=CCC2NC(C(=O)O)OC2=C1. The number of hydrogen-bond donors (Lipinski definition) is 2. The molecule has 0 spiro atoms. The lowest BCUT2D eigenvalue weighted by molar-refractivity contribution is -0.147. The first-order valence-corrected chi connectivity index (χ1v) is 6.07. The molecule has 1 aliphatic carbocycles. The topological polar surface area (TPSA) is 84.6 Å². The van der Waals surface area contributed by atoms with Gasteiger partial charge in [0.25, 0.3) is 0 Å². The minimum atomic E-state index is -1.01. The minimum absolute atomic E-state index is 0.0645. The maximum absolute atomic E-state index is 10.9. The van der Waals surface area contributed by atoms with Crippen LogP contribution in [0.3, 0.4) is 0 Å². The van der Waals surface area contributed by atoms with Gasteiger partial charge < -0.3 is 14.4 Å². The minimum Gasteiger partial charge on any atom is -0.477 e. The van der Waals surface area contributed by atoms with Crippen molar-refractivity contribution in [3.05, 3.63) is 34.9 Å². The average molecular weight is 262 g/mol. The number of carboxylic acids is 1. The van der Waals surface area contributed by atoms with Crippen molar-refractivity contribution in [1.82, 2.24) is 10.5 Å². The number of carboxylic acid groups (broad SMARTS) is 1. The second kappa shape index (κ2) is 4.24. The van der Waals surface area contributed by atoms with Gasteiger partial charge in [-0.15, -0.1) is 0 Å². The van der Waals surface area contributed by atoms with Crippen molar-refractivity contribution in [1.29, 1.82) is 0 Å². The summed E-state index contributed by atoms with van der Waals surface area (Å²) >= 11 is 0. The fraction of sp³-hybridized carbons (Fsp3) is 0.385. The molecule has 1 saturated heterocycles. The monoisotopic (exact) mass is 262 g/mol. The third-order valence-corrected chi connectivity index (χ3v) is 3.37. The Labute approximate surface area is 109 Å². The van der Waals surface area contributed by atoms with Crippen LogP contribution in [0.2, 0.25) is 0 Å². The zero-order valence-corrected chi connectivity index (χ0v) is 10.6. The summed E-state index contributed by atoms with van der Waals surface area (Å²) < 4.78 is 10.5. The van der Waals surface area contributed by atoms with E-state index in [4.69, 9.17) is 14.4 Å². The summed E-state index contributed by atoms with van der Waals surface area (Å²) in [6.07, 6.45) is 3.63. The molecule has 0 aromatic carbocycles. The summed E-state index contributed by atoms with van der Waals surface area (Å²) in [7, 11) is 0. The molecular weight excluding hydrogens is 248 g/mol. The van der Waals surface area contributed by atoms with E-state index in [0.29, 0.717) is 12.2 Å². The molecule has 1 aromatic heterocycles. The molecule has 1 aromatic rings. The van der Waals surface area contributed by atoms with Gasteiger partial charge in [0, 0.05) is 5.56 Å². The van der Waals surface area contributed by atoms with E-state index in [1.165, 1.54) is 0 Å². The maximum Gasteiger partial charge on any atom is 0.360 e. The Bertz CT molecular complexity index is 580. The molecule has 2 atom stereocenters. The molecule has 0 amide bonds. The summed E-state index contributed by atoms with van der Waals surface area (Å²) in [6.45, 7) is 3.74. The van der Waals surface area contributed by atoms with E-state index < -0.39 is 12.2 Å². The first-order valence-electron chi connectivity index (χ1n) is 6.07. The van der Waals surface area contributed by atoms with Gasteiger partial charge in [0.15, 0.2) is 0 Å². The summed E-state index contributed by atoms with van der Waals surface area (Å²) in [5.41, 5.74) is 2.74. The molecule has 2 unspecified atom stereocenters.